The molecule has 2 aliphatic rings. The van der Waals surface area contributed by atoms with Crippen LogP contribution in [0.4, 0.5) is 0 Å². The first kappa shape index (κ1) is 13.4. The number of likely N-dealkylation sites (tertiary alicyclic amines) is 1. The Hall–Kier alpha value is -0.540. The fraction of sp³-hybridized carbons (Fsp3) is 0.800. The van der Waals surface area contributed by atoms with Gasteiger partial charge in [-0.3, -0.25) is 9.58 Å². The Bertz CT molecular complexity index is 452. The normalized spacial score (nSPS) is 28.4. The zero-order valence-electron chi connectivity index (χ0n) is 12.0. The number of hydrogen-bond acceptors (Lipinski definition) is 2. The maximum atomic E-state index is 6.38. The predicted octanol–water partition coefficient (Wildman–Crippen LogP) is 3.54. The van der Waals surface area contributed by atoms with Gasteiger partial charge in [-0.1, -0.05) is 24.4 Å². The number of aromatic nitrogens is 2. The van der Waals surface area contributed by atoms with Crippen molar-refractivity contribution < 1.29 is 0 Å². The third-order valence-electron chi connectivity index (χ3n) is 4.99. The molecule has 1 aromatic rings. The van der Waals surface area contributed by atoms with Crippen LogP contribution in [-0.4, -0.2) is 27.3 Å². The van der Waals surface area contributed by atoms with Crippen LogP contribution in [-0.2, 0) is 13.6 Å². The van der Waals surface area contributed by atoms with Gasteiger partial charge in [0.05, 0.1) is 5.69 Å². The van der Waals surface area contributed by atoms with Crippen LogP contribution >= 0.6 is 11.6 Å². The van der Waals surface area contributed by atoms with Crippen molar-refractivity contribution in [2.24, 2.45) is 13.0 Å². The summed E-state index contributed by atoms with van der Waals surface area (Å²) in [4.78, 5) is 2.67. The highest BCUT2D eigenvalue weighted by atomic mass is 35.5. The van der Waals surface area contributed by atoms with Crippen molar-refractivity contribution in [3.63, 3.8) is 0 Å². The van der Waals surface area contributed by atoms with E-state index in [1.165, 1.54) is 50.6 Å². The Labute approximate surface area is 120 Å². The van der Waals surface area contributed by atoms with Crippen molar-refractivity contribution in [2.45, 2.75) is 58.0 Å². The molecule has 1 aromatic heterocycles. The zero-order chi connectivity index (χ0) is 13.4. The maximum absolute atomic E-state index is 6.38. The third kappa shape index (κ3) is 2.55. The van der Waals surface area contributed by atoms with Gasteiger partial charge in [0.1, 0.15) is 5.15 Å². The predicted molar refractivity (Wildman–Crippen MR) is 78.3 cm³/mol. The van der Waals surface area contributed by atoms with E-state index in [1.807, 2.05) is 7.05 Å². The molecule has 0 amide bonds. The van der Waals surface area contributed by atoms with Crippen molar-refractivity contribution in [1.82, 2.24) is 14.7 Å². The molecule has 2 fully saturated rings. The molecule has 0 spiro atoms. The molecule has 106 valence electrons. The van der Waals surface area contributed by atoms with Gasteiger partial charge in [-0.25, -0.2) is 0 Å². The summed E-state index contributed by atoms with van der Waals surface area (Å²) in [6, 6.07) is 0.790. The van der Waals surface area contributed by atoms with E-state index in [-0.39, 0.29) is 0 Å². The van der Waals surface area contributed by atoms with E-state index < -0.39 is 0 Å². The highest BCUT2D eigenvalue weighted by Gasteiger charge is 2.33. The van der Waals surface area contributed by atoms with Crippen LogP contribution in [0.25, 0.3) is 0 Å². The maximum Gasteiger partial charge on any atom is 0.131 e. The average Bonchev–Trinajstić information content (AvgIpc) is 2.66. The number of fused-ring (bicyclic) bond motifs is 1. The smallest absolute Gasteiger partial charge is 0.131 e. The summed E-state index contributed by atoms with van der Waals surface area (Å²) in [6.45, 7) is 4.29. The zero-order valence-corrected chi connectivity index (χ0v) is 12.8. The lowest BCUT2D eigenvalue weighted by Crippen LogP contribution is -2.46. The van der Waals surface area contributed by atoms with Crippen LogP contribution in [0, 0.1) is 12.8 Å². The minimum absolute atomic E-state index is 0.790. The van der Waals surface area contributed by atoms with Crippen molar-refractivity contribution in [1.29, 1.82) is 0 Å². The van der Waals surface area contributed by atoms with Crippen molar-refractivity contribution >= 4 is 11.6 Å². The fourth-order valence-corrected chi connectivity index (χ4v) is 4.22. The van der Waals surface area contributed by atoms with Gasteiger partial charge in [-0.05, 0) is 45.1 Å². The van der Waals surface area contributed by atoms with Crippen molar-refractivity contribution in [3.05, 3.63) is 16.4 Å². The second-order valence-electron chi connectivity index (χ2n) is 6.20. The van der Waals surface area contributed by atoms with Gasteiger partial charge in [-0.2, -0.15) is 5.10 Å². The van der Waals surface area contributed by atoms with E-state index in [4.69, 9.17) is 11.6 Å². The summed E-state index contributed by atoms with van der Waals surface area (Å²) in [5.74, 6) is 0.929. The van der Waals surface area contributed by atoms with E-state index in [0.717, 1.165) is 29.4 Å². The first-order chi connectivity index (χ1) is 9.16. The molecule has 2 heterocycles. The number of aryl methyl sites for hydroxylation is 2. The number of piperidine rings is 1. The summed E-state index contributed by atoms with van der Waals surface area (Å²) in [5, 5.41) is 5.25. The van der Waals surface area contributed by atoms with E-state index in [0.29, 0.717) is 0 Å². The monoisotopic (exact) mass is 281 g/mol. The first-order valence-electron chi connectivity index (χ1n) is 7.59. The van der Waals surface area contributed by atoms with E-state index in [1.54, 1.807) is 4.68 Å². The SMILES string of the molecule is Cc1nn(C)c(Cl)c1CN1CCCC2CCCCC21. The topological polar surface area (TPSA) is 21.1 Å². The summed E-state index contributed by atoms with van der Waals surface area (Å²) >= 11 is 6.38. The first-order valence-corrected chi connectivity index (χ1v) is 7.96. The molecule has 3 rings (SSSR count). The van der Waals surface area contributed by atoms with Crippen LogP contribution in [0.1, 0.15) is 49.8 Å². The summed E-state index contributed by atoms with van der Waals surface area (Å²) in [5.41, 5.74) is 2.32. The van der Waals surface area contributed by atoms with Gasteiger partial charge >= 0.3 is 0 Å². The number of halogens is 1. The quantitative estimate of drug-likeness (QED) is 0.827. The van der Waals surface area contributed by atoms with Crippen LogP contribution in [0.15, 0.2) is 0 Å². The molecular formula is C15H24ClN3. The molecule has 2 atom stereocenters. The molecule has 0 radical (unpaired) electrons. The number of hydrogen-bond donors (Lipinski definition) is 0. The Morgan fingerprint density at radius 1 is 1.21 bits per heavy atom. The Morgan fingerprint density at radius 2 is 1.95 bits per heavy atom. The Morgan fingerprint density at radius 3 is 2.68 bits per heavy atom. The average molecular weight is 282 g/mol. The van der Waals surface area contributed by atoms with Gasteiger partial charge in [0.25, 0.3) is 0 Å². The van der Waals surface area contributed by atoms with E-state index in [9.17, 15) is 0 Å². The molecule has 1 saturated carbocycles. The third-order valence-corrected chi connectivity index (χ3v) is 5.46. The lowest BCUT2D eigenvalue weighted by molar-refractivity contribution is 0.0546. The van der Waals surface area contributed by atoms with Crippen LogP contribution in [0.5, 0.6) is 0 Å². The second kappa shape index (κ2) is 5.45. The molecular weight excluding hydrogens is 258 g/mol. The molecule has 0 bridgehead atoms. The summed E-state index contributed by atoms with van der Waals surface area (Å²) < 4.78 is 1.80. The molecule has 1 saturated heterocycles. The Balaban J connectivity index is 1.77. The summed E-state index contributed by atoms with van der Waals surface area (Å²) in [6.07, 6.45) is 8.42. The van der Waals surface area contributed by atoms with E-state index >= 15 is 0 Å². The van der Waals surface area contributed by atoms with Crippen molar-refractivity contribution in [2.75, 3.05) is 6.54 Å². The lowest BCUT2D eigenvalue weighted by Gasteiger charge is -2.44. The highest BCUT2D eigenvalue weighted by Crippen LogP contribution is 2.36. The molecule has 0 aromatic carbocycles. The van der Waals surface area contributed by atoms with Crippen molar-refractivity contribution in [3.8, 4) is 0 Å². The Kier molecular flexibility index (Phi) is 3.86. The number of nitrogens with zero attached hydrogens (tertiary/aromatic N) is 3. The van der Waals surface area contributed by atoms with Gasteiger partial charge in [0, 0.05) is 25.2 Å². The van der Waals surface area contributed by atoms with Gasteiger partial charge in [-0.15, -0.1) is 0 Å². The lowest BCUT2D eigenvalue weighted by atomic mass is 9.78. The van der Waals surface area contributed by atoms with Crippen LogP contribution in [0.2, 0.25) is 5.15 Å². The minimum atomic E-state index is 0.790. The fourth-order valence-electron chi connectivity index (χ4n) is 3.98. The standard InChI is InChI=1S/C15H24ClN3/c1-11-13(15(16)18(2)17-11)10-19-9-5-7-12-6-3-4-8-14(12)19/h12,14H,3-10H2,1-2H3. The van der Waals surface area contributed by atoms with Gasteiger partial charge < -0.3 is 0 Å². The van der Waals surface area contributed by atoms with Gasteiger partial charge in [0.2, 0.25) is 0 Å². The number of rotatable bonds is 2. The molecule has 2 unspecified atom stereocenters. The molecule has 0 N–H and O–H groups in total. The van der Waals surface area contributed by atoms with Gasteiger partial charge in [0.15, 0.2) is 0 Å². The minimum Gasteiger partial charge on any atom is -0.296 e. The largest absolute Gasteiger partial charge is 0.296 e. The highest BCUT2D eigenvalue weighted by molar-refractivity contribution is 6.30. The van der Waals surface area contributed by atoms with E-state index in [2.05, 4.69) is 16.9 Å². The molecule has 4 heteroatoms. The second-order valence-corrected chi connectivity index (χ2v) is 6.56. The molecule has 1 aliphatic heterocycles. The molecule has 3 nitrogen and oxygen atoms in total. The molecule has 1 aliphatic carbocycles. The van der Waals surface area contributed by atoms with Crippen LogP contribution < -0.4 is 0 Å². The molecule has 19 heavy (non-hydrogen) atoms. The summed E-state index contributed by atoms with van der Waals surface area (Å²) in [7, 11) is 1.93. The van der Waals surface area contributed by atoms with Crippen LogP contribution in [0.3, 0.4) is 0 Å².